The molecule has 134 valence electrons. The topological polar surface area (TPSA) is 65.4 Å². The van der Waals surface area contributed by atoms with Crippen molar-refractivity contribution >= 4 is 5.91 Å². The molecule has 1 aliphatic heterocycles. The molecular weight excluding hydrogens is 325 g/mol. The molecule has 1 N–H and O–H groups in total. The molecule has 0 spiro atoms. The normalized spacial score (nSPS) is 20.3. The molecule has 0 radical (unpaired) electrons. The van der Waals surface area contributed by atoms with Crippen LogP contribution in [0.1, 0.15) is 34.9 Å². The van der Waals surface area contributed by atoms with Gasteiger partial charge in [0.1, 0.15) is 11.6 Å². The second kappa shape index (κ2) is 7.65. The van der Waals surface area contributed by atoms with E-state index >= 15 is 0 Å². The fourth-order valence-electron chi connectivity index (χ4n) is 3.13. The third kappa shape index (κ3) is 3.99. The highest BCUT2D eigenvalue weighted by atomic mass is 19.1. The first-order valence-electron chi connectivity index (χ1n) is 8.30. The second-order valence-electron chi connectivity index (χ2n) is 6.20. The van der Waals surface area contributed by atoms with Crippen molar-refractivity contribution in [2.24, 2.45) is 13.0 Å². The van der Waals surface area contributed by atoms with Gasteiger partial charge in [-0.15, -0.1) is 0 Å². The summed E-state index contributed by atoms with van der Waals surface area (Å²) in [7, 11) is 3.31. The Morgan fingerprint density at radius 1 is 1.52 bits per heavy atom. The summed E-state index contributed by atoms with van der Waals surface area (Å²) in [6, 6.07) is 4.21. The molecular formula is C18H22FN3O3. The zero-order valence-corrected chi connectivity index (χ0v) is 14.4. The third-order valence-corrected chi connectivity index (χ3v) is 4.44. The summed E-state index contributed by atoms with van der Waals surface area (Å²) in [5.41, 5.74) is 1.01. The van der Waals surface area contributed by atoms with Crippen LogP contribution in [0.25, 0.3) is 0 Å². The highest BCUT2D eigenvalue weighted by molar-refractivity contribution is 5.94. The van der Waals surface area contributed by atoms with Crippen LogP contribution in [0.5, 0.6) is 5.75 Å². The summed E-state index contributed by atoms with van der Waals surface area (Å²) in [4.78, 5) is 12.3. The lowest BCUT2D eigenvalue weighted by atomic mass is 9.90. The largest absolute Gasteiger partial charge is 0.497 e. The van der Waals surface area contributed by atoms with Crippen LogP contribution in [0.15, 0.2) is 30.6 Å². The van der Waals surface area contributed by atoms with E-state index in [1.54, 1.807) is 16.9 Å². The third-order valence-electron chi connectivity index (χ3n) is 4.44. The molecule has 1 aliphatic rings. The average molecular weight is 347 g/mol. The van der Waals surface area contributed by atoms with Crippen molar-refractivity contribution in [1.82, 2.24) is 15.1 Å². The number of benzene rings is 1. The average Bonchev–Trinajstić information content (AvgIpc) is 3.06. The quantitative estimate of drug-likeness (QED) is 0.902. The highest BCUT2D eigenvalue weighted by Crippen LogP contribution is 2.33. The van der Waals surface area contributed by atoms with Crippen LogP contribution in [-0.4, -0.2) is 35.9 Å². The minimum Gasteiger partial charge on any atom is -0.497 e. The molecule has 0 saturated carbocycles. The number of carbonyl (C=O) groups is 1. The maximum atomic E-state index is 14.0. The second-order valence-corrected chi connectivity index (χ2v) is 6.20. The molecule has 0 bridgehead atoms. The number of amides is 1. The molecule has 1 aromatic heterocycles. The van der Waals surface area contributed by atoms with Crippen molar-refractivity contribution in [2.75, 3.05) is 20.3 Å². The number of nitrogens with zero attached hydrogens (tertiary/aromatic N) is 2. The number of aryl methyl sites for hydroxylation is 1. The lowest BCUT2D eigenvalue weighted by Gasteiger charge is -2.31. The number of carbonyl (C=O) groups excluding carboxylic acids is 1. The van der Waals surface area contributed by atoms with E-state index in [4.69, 9.17) is 9.47 Å². The number of halogens is 1. The Morgan fingerprint density at radius 3 is 3.04 bits per heavy atom. The number of nitrogens with one attached hydrogen (secondary N) is 1. The standard InChI is InChI=1S/C18H22FN3O3/c1-22-11-13(10-21-22)17-12(4-3-7-25-17)9-20-18(23)15-6-5-14(24-2)8-16(15)19/h5-6,8,10-12,17H,3-4,7,9H2,1-2H3,(H,20,23)/t12-,17+/m0/s1. The van der Waals surface area contributed by atoms with Crippen LogP contribution in [-0.2, 0) is 11.8 Å². The molecule has 3 rings (SSSR count). The van der Waals surface area contributed by atoms with E-state index < -0.39 is 11.7 Å². The van der Waals surface area contributed by atoms with Crippen LogP contribution in [0.4, 0.5) is 4.39 Å². The van der Waals surface area contributed by atoms with Gasteiger partial charge in [-0.3, -0.25) is 9.48 Å². The lowest BCUT2D eigenvalue weighted by molar-refractivity contribution is -0.0273. The number of rotatable bonds is 5. The summed E-state index contributed by atoms with van der Waals surface area (Å²) in [5, 5.41) is 7.01. The predicted octanol–water partition coefficient (Wildman–Crippen LogP) is 2.47. The van der Waals surface area contributed by atoms with Gasteiger partial charge in [-0.2, -0.15) is 5.10 Å². The summed E-state index contributed by atoms with van der Waals surface area (Å²) in [6.45, 7) is 1.11. The number of hydrogen-bond acceptors (Lipinski definition) is 4. The van der Waals surface area contributed by atoms with E-state index in [1.807, 2.05) is 13.2 Å². The van der Waals surface area contributed by atoms with Gasteiger partial charge in [0.25, 0.3) is 5.91 Å². The van der Waals surface area contributed by atoms with Crippen molar-refractivity contribution in [2.45, 2.75) is 18.9 Å². The van der Waals surface area contributed by atoms with E-state index in [0.29, 0.717) is 18.9 Å². The maximum Gasteiger partial charge on any atom is 0.254 e. The predicted molar refractivity (Wildman–Crippen MR) is 89.9 cm³/mol. The van der Waals surface area contributed by atoms with Gasteiger partial charge >= 0.3 is 0 Å². The number of ether oxygens (including phenoxy) is 2. The molecule has 2 heterocycles. The van der Waals surface area contributed by atoms with Crippen molar-refractivity contribution in [3.05, 3.63) is 47.5 Å². The van der Waals surface area contributed by atoms with Gasteiger partial charge in [-0.05, 0) is 25.0 Å². The van der Waals surface area contributed by atoms with Gasteiger partial charge in [0, 0.05) is 43.9 Å². The molecule has 1 aromatic carbocycles. The zero-order valence-electron chi connectivity index (χ0n) is 14.4. The van der Waals surface area contributed by atoms with Crippen molar-refractivity contribution < 1.29 is 18.7 Å². The van der Waals surface area contributed by atoms with E-state index in [0.717, 1.165) is 18.4 Å². The summed E-state index contributed by atoms with van der Waals surface area (Å²) in [6.07, 6.45) is 5.48. The Kier molecular flexibility index (Phi) is 5.33. The number of methoxy groups -OCH3 is 1. The first-order chi connectivity index (χ1) is 12.1. The Balaban J connectivity index is 1.65. The van der Waals surface area contributed by atoms with E-state index in [-0.39, 0.29) is 17.6 Å². The summed E-state index contributed by atoms with van der Waals surface area (Å²) >= 11 is 0. The monoisotopic (exact) mass is 347 g/mol. The number of aromatic nitrogens is 2. The van der Waals surface area contributed by atoms with E-state index in [9.17, 15) is 9.18 Å². The van der Waals surface area contributed by atoms with Crippen molar-refractivity contribution in [3.8, 4) is 5.75 Å². The van der Waals surface area contributed by atoms with E-state index in [1.165, 1.54) is 19.2 Å². The van der Waals surface area contributed by atoms with Gasteiger partial charge in [0.15, 0.2) is 0 Å². The molecule has 2 atom stereocenters. The van der Waals surface area contributed by atoms with Crippen molar-refractivity contribution in [3.63, 3.8) is 0 Å². The highest BCUT2D eigenvalue weighted by Gasteiger charge is 2.29. The molecule has 7 heteroatoms. The fourth-order valence-corrected chi connectivity index (χ4v) is 3.13. The lowest BCUT2D eigenvalue weighted by Crippen LogP contribution is -2.35. The minimum absolute atomic E-state index is 0.00968. The molecule has 2 aromatic rings. The van der Waals surface area contributed by atoms with Crippen LogP contribution in [0.3, 0.4) is 0 Å². The Bertz CT molecular complexity index is 747. The van der Waals surface area contributed by atoms with Crippen LogP contribution < -0.4 is 10.1 Å². The minimum atomic E-state index is -0.597. The molecule has 0 unspecified atom stereocenters. The molecule has 1 amide bonds. The van der Waals surface area contributed by atoms with Gasteiger partial charge in [0.2, 0.25) is 0 Å². The number of hydrogen-bond donors (Lipinski definition) is 1. The van der Waals surface area contributed by atoms with Crippen LogP contribution in [0, 0.1) is 11.7 Å². The summed E-state index contributed by atoms with van der Waals surface area (Å²) in [5.74, 6) is -0.522. The Morgan fingerprint density at radius 2 is 2.36 bits per heavy atom. The van der Waals surface area contributed by atoms with Crippen LogP contribution in [0.2, 0.25) is 0 Å². The van der Waals surface area contributed by atoms with Gasteiger partial charge in [-0.25, -0.2) is 4.39 Å². The van der Waals surface area contributed by atoms with E-state index in [2.05, 4.69) is 10.4 Å². The Hall–Kier alpha value is -2.41. The Labute approximate surface area is 145 Å². The van der Waals surface area contributed by atoms with Crippen LogP contribution >= 0.6 is 0 Å². The SMILES string of the molecule is COc1ccc(C(=O)NC[C@@H]2CCCO[C@H]2c2cnn(C)c2)c(F)c1. The first-order valence-corrected chi connectivity index (χ1v) is 8.30. The smallest absolute Gasteiger partial charge is 0.254 e. The van der Waals surface area contributed by atoms with Gasteiger partial charge < -0.3 is 14.8 Å². The summed E-state index contributed by atoms with van der Waals surface area (Å²) < 4.78 is 26.6. The molecule has 25 heavy (non-hydrogen) atoms. The maximum absolute atomic E-state index is 14.0. The fraction of sp³-hybridized carbons (Fsp3) is 0.444. The molecule has 1 saturated heterocycles. The molecule has 0 aliphatic carbocycles. The van der Waals surface area contributed by atoms with Gasteiger partial charge in [0.05, 0.1) is 25.0 Å². The van der Waals surface area contributed by atoms with Crippen molar-refractivity contribution in [1.29, 1.82) is 0 Å². The first kappa shape index (κ1) is 17.4. The molecule has 6 nitrogen and oxygen atoms in total. The van der Waals surface area contributed by atoms with Gasteiger partial charge in [-0.1, -0.05) is 0 Å². The molecule has 1 fully saturated rings. The zero-order chi connectivity index (χ0) is 17.8.